The summed E-state index contributed by atoms with van der Waals surface area (Å²) in [5.74, 6) is 0.0343. The number of rotatable bonds is 8. The number of benzene rings is 3. The van der Waals surface area contributed by atoms with Crippen molar-refractivity contribution in [3.8, 4) is 5.88 Å². The van der Waals surface area contributed by atoms with Gasteiger partial charge in [-0.2, -0.15) is 0 Å². The summed E-state index contributed by atoms with van der Waals surface area (Å²) in [4.78, 5) is 40.2. The molecule has 210 valence electrons. The number of aromatic hydroxyl groups is 1. The van der Waals surface area contributed by atoms with Crippen molar-refractivity contribution < 1.29 is 14.8 Å². The molecule has 0 bridgehead atoms. The second-order valence-corrected chi connectivity index (χ2v) is 10.2. The first kappa shape index (κ1) is 26.7. The van der Waals surface area contributed by atoms with Gasteiger partial charge in [-0.1, -0.05) is 42.5 Å². The molecular formula is C32H28N6O4. The molecule has 10 heteroatoms. The highest BCUT2D eigenvalue weighted by atomic mass is 16.6. The molecule has 0 atom stereocenters. The first-order valence-electron chi connectivity index (χ1n) is 13.7. The van der Waals surface area contributed by atoms with Crippen molar-refractivity contribution in [3.63, 3.8) is 0 Å². The number of H-pyrrole nitrogens is 2. The lowest BCUT2D eigenvalue weighted by molar-refractivity contribution is -0.384. The number of fused-ring (bicyclic) bond motifs is 1. The molecule has 1 fully saturated rings. The van der Waals surface area contributed by atoms with E-state index in [1.54, 1.807) is 18.6 Å². The minimum Gasteiger partial charge on any atom is -0.494 e. The second kappa shape index (κ2) is 11.5. The van der Waals surface area contributed by atoms with E-state index in [1.165, 1.54) is 12.1 Å². The molecule has 0 spiro atoms. The van der Waals surface area contributed by atoms with E-state index in [4.69, 9.17) is 4.99 Å². The molecule has 0 unspecified atom stereocenters. The number of nitrogens with zero attached hydrogens (tertiary/aromatic N) is 4. The van der Waals surface area contributed by atoms with Crippen LogP contribution >= 0.6 is 0 Å². The average molecular weight is 561 g/mol. The molecule has 0 saturated carbocycles. The van der Waals surface area contributed by atoms with Gasteiger partial charge in [0.2, 0.25) is 5.91 Å². The van der Waals surface area contributed by atoms with E-state index in [2.05, 4.69) is 15.0 Å². The molecule has 2 aromatic heterocycles. The maximum Gasteiger partial charge on any atom is 0.270 e. The van der Waals surface area contributed by atoms with E-state index >= 15 is 0 Å². The third kappa shape index (κ3) is 5.68. The van der Waals surface area contributed by atoms with Gasteiger partial charge in [-0.3, -0.25) is 14.9 Å². The van der Waals surface area contributed by atoms with E-state index in [0.29, 0.717) is 40.8 Å². The second-order valence-electron chi connectivity index (χ2n) is 10.2. The van der Waals surface area contributed by atoms with Gasteiger partial charge in [0.1, 0.15) is 0 Å². The van der Waals surface area contributed by atoms with Crippen LogP contribution in [0.15, 0.2) is 84.2 Å². The van der Waals surface area contributed by atoms with Crippen LogP contribution in [0.1, 0.15) is 47.2 Å². The number of aromatic amines is 2. The Morgan fingerprint density at radius 1 is 1.07 bits per heavy atom. The van der Waals surface area contributed by atoms with E-state index in [-0.39, 0.29) is 17.5 Å². The van der Waals surface area contributed by atoms with E-state index < -0.39 is 4.92 Å². The minimum atomic E-state index is -0.462. The van der Waals surface area contributed by atoms with E-state index in [9.17, 15) is 20.0 Å². The molecule has 1 amide bonds. The number of hydrogen-bond donors (Lipinski definition) is 3. The predicted molar refractivity (Wildman–Crippen MR) is 162 cm³/mol. The molecule has 0 radical (unpaired) electrons. The number of nitrogens with one attached hydrogen (secondary N) is 2. The maximum atomic E-state index is 12.3. The molecule has 0 aliphatic carbocycles. The van der Waals surface area contributed by atoms with Crippen LogP contribution in [-0.2, 0) is 11.3 Å². The maximum absolute atomic E-state index is 12.3. The lowest BCUT2D eigenvalue weighted by atomic mass is 9.99. The Morgan fingerprint density at radius 2 is 1.88 bits per heavy atom. The standard InChI is InChI=1S/C32H28N6O4/c39-29-3-1-2-16-37(29)19-22-4-9-23(10-5-22)31(30-27-17-26(38(41)42)14-15-28(27)36-32(30)40)35-24-11-6-21(7-12-24)8-13-25-18-33-20-34-25/h4-15,17-18,20,36,40H,1-3,16,19H2,(H,33,34)/b13-8+,35-31?. The predicted octanol–water partition coefficient (Wildman–Crippen LogP) is 6.36. The molecule has 6 rings (SSSR count). The number of hydrogen-bond acceptors (Lipinski definition) is 6. The number of nitro benzene ring substituents is 1. The highest BCUT2D eigenvalue weighted by Gasteiger charge is 2.22. The van der Waals surface area contributed by atoms with Crippen LogP contribution < -0.4 is 0 Å². The van der Waals surface area contributed by atoms with Crippen molar-refractivity contribution in [2.45, 2.75) is 25.8 Å². The summed E-state index contributed by atoms with van der Waals surface area (Å²) >= 11 is 0. The van der Waals surface area contributed by atoms with Crippen LogP contribution in [0.5, 0.6) is 5.88 Å². The lowest BCUT2D eigenvalue weighted by Gasteiger charge is -2.26. The van der Waals surface area contributed by atoms with Crippen LogP contribution in [0.25, 0.3) is 23.1 Å². The summed E-state index contributed by atoms with van der Waals surface area (Å²) in [7, 11) is 0. The molecule has 10 nitrogen and oxygen atoms in total. The monoisotopic (exact) mass is 560 g/mol. The van der Waals surface area contributed by atoms with Crippen molar-refractivity contribution in [1.29, 1.82) is 0 Å². The lowest BCUT2D eigenvalue weighted by Crippen LogP contribution is -2.34. The Balaban J connectivity index is 1.39. The summed E-state index contributed by atoms with van der Waals surface area (Å²) in [5, 5.41) is 23.0. The first-order valence-corrected chi connectivity index (χ1v) is 13.7. The topological polar surface area (TPSA) is 141 Å². The van der Waals surface area contributed by atoms with Crippen LogP contribution in [-0.4, -0.2) is 48.0 Å². The third-order valence-electron chi connectivity index (χ3n) is 7.34. The molecule has 1 saturated heterocycles. The SMILES string of the molecule is O=C1CCCCN1Cc1ccc(C(=Nc2ccc(/C=C/c3cnc[nH]3)cc2)c2c(O)[nH]c3ccc([N+](=O)[O-])cc23)cc1. The van der Waals surface area contributed by atoms with E-state index in [1.807, 2.05) is 65.6 Å². The number of imidazole rings is 1. The van der Waals surface area contributed by atoms with Gasteiger partial charge in [-0.05, 0) is 48.2 Å². The van der Waals surface area contributed by atoms with Gasteiger partial charge in [0.25, 0.3) is 5.69 Å². The Hall–Kier alpha value is -5.51. The summed E-state index contributed by atoms with van der Waals surface area (Å²) in [6.07, 6.45) is 9.75. The number of non-ortho nitro benzene ring substituents is 1. The third-order valence-corrected chi connectivity index (χ3v) is 7.34. The number of carbonyl (C=O) groups is 1. The Morgan fingerprint density at radius 3 is 2.60 bits per heavy atom. The Bertz CT molecular complexity index is 1800. The molecule has 1 aliphatic rings. The first-order chi connectivity index (χ1) is 20.4. The highest BCUT2D eigenvalue weighted by Crippen LogP contribution is 2.34. The largest absolute Gasteiger partial charge is 0.494 e. The number of likely N-dealkylation sites (tertiary alicyclic amines) is 1. The molecule has 3 heterocycles. The molecule has 3 N–H and O–H groups in total. The van der Waals surface area contributed by atoms with Crippen molar-refractivity contribution >= 4 is 46.0 Å². The number of aromatic nitrogens is 3. The molecule has 3 aromatic carbocycles. The number of nitro groups is 1. The Labute approximate surface area is 241 Å². The van der Waals surface area contributed by atoms with Gasteiger partial charge in [0, 0.05) is 48.1 Å². The number of piperidine rings is 1. The Kier molecular flexibility index (Phi) is 7.33. The quantitative estimate of drug-likeness (QED) is 0.115. The summed E-state index contributed by atoms with van der Waals surface area (Å²) in [6, 6.07) is 19.7. The van der Waals surface area contributed by atoms with E-state index in [0.717, 1.165) is 41.8 Å². The zero-order valence-corrected chi connectivity index (χ0v) is 22.7. The van der Waals surface area contributed by atoms with Gasteiger partial charge in [0.05, 0.1) is 40.1 Å². The van der Waals surface area contributed by atoms with Crippen LogP contribution in [0.3, 0.4) is 0 Å². The van der Waals surface area contributed by atoms with Crippen LogP contribution in [0, 0.1) is 10.1 Å². The fraction of sp³-hybridized carbons (Fsp3) is 0.156. The fourth-order valence-corrected chi connectivity index (χ4v) is 5.13. The van der Waals surface area contributed by atoms with Crippen LogP contribution in [0.2, 0.25) is 0 Å². The summed E-state index contributed by atoms with van der Waals surface area (Å²) < 4.78 is 0. The highest BCUT2D eigenvalue weighted by molar-refractivity contribution is 6.22. The zero-order chi connectivity index (χ0) is 29.1. The zero-order valence-electron chi connectivity index (χ0n) is 22.7. The fourth-order valence-electron chi connectivity index (χ4n) is 5.13. The summed E-state index contributed by atoms with van der Waals surface area (Å²) in [6.45, 7) is 1.28. The van der Waals surface area contributed by atoms with Crippen molar-refractivity contribution in [3.05, 3.63) is 117 Å². The van der Waals surface area contributed by atoms with Gasteiger partial charge in [-0.25, -0.2) is 9.98 Å². The average Bonchev–Trinajstić information content (AvgIpc) is 3.64. The molecule has 5 aromatic rings. The van der Waals surface area contributed by atoms with Crippen molar-refractivity contribution in [1.82, 2.24) is 19.9 Å². The molecule has 1 aliphatic heterocycles. The van der Waals surface area contributed by atoms with Gasteiger partial charge in [-0.15, -0.1) is 0 Å². The number of aliphatic imine (C=N–C) groups is 1. The molecular weight excluding hydrogens is 532 g/mol. The van der Waals surface area contributed by atoms with Crippen molar-refractivity contribution in [2.75, 3.05) is 6.54 Å². The molecule has 42 heavy (non-hydrogen) atoms. The van der Waals surface area contributed by atoms with Gasteiger partial charge in [0.15, 0.2) is 5.88 Å². The number of amides is 1. The van der Waals surface area contributed by atoms with Gasteiger partial charge >= 0.3 is 0 Å². The normalized spacial score (nSPS) is 14.2. The van der Waals surface area contributed by atoms with Gasteiger partial charge < -0.3 is 20.0 Å². The summed E-state index contributed by atoms with van der Waals surface area (Å²) in [5.41, 5.74) is 5.50. The van der Waals surface area contributed by atoms with Crippen molar-refractivity contribution in [2.24, 2.45) is 4.99 Å². The minimum absolute atomic E-state index is 0.0861. The smallest absolute Gasteiger partial charge is 0.270 e. The van der Waals surface area contributed by atoms with Crippen LogP contribution in [0.4, 0.5) is 11.4 Å². The number of carbonyl (C=O) groups excluding carboxylic acids is 1.